The fraction of sp³-hybridized carbons (Fsp3) is 0.400. The highest BCUT2D eigenvalue weighted by molar-refractivity contribution is 6.17. The third-order valence-electron chi connectivity index (χ3n) is 2.13. The fourth-order valence-electron chi connectivity index (χ4n) is 1.44. The SMILES string of the molecule is O=C(O)Cc1cnc(C(F)F)c(CCl)c1OC(F)(F)F. The molecule has 0 radical (unpaired) electrons. The molecule has 0 aliphatic heterocycles. The van der Waals surface area contributed by atoms with Crippen molar-refractivity contribution in [2.45, 2.75) is 25.1 Å². The molecule has 10 heteroatoms. The fourth-order valence-corrected chi connectivity index (χ4v) is 1.70. The van der Waals surface area contributed by atoms with E-state index < -0.39 is 53.6 Å². The van der Waals surface area contributed by atoms with Gasteiger partial charge in [0.05, 0.1) is 12.3 Å². The summed E-state index contributed by atoms with van der Waals surface area (Å²) in [6.07, 6.45) is -8.61. The number of aromatic nitrogens is 1. The lowest BCUT2D eigenvalue weighted by Gasteiger charge is -2.17. The number of rotatable bonds is 5. The van der Waals surface area contributed by atoms with Crippen LogP contribution in [0.2, 0.25) is 0 Å². The van der Waals surface area contributed by atoms with Crippen molar-refractivity contribution in [3.63, 3.8) is 0 Å². The van der Waals surface area contributed by atoms with Crippen LogP contribution in [0.5, 0.6) is 5.75 Å². The summed E-state index contributed by atoms with van der Waals surface area (Å²) >= 11 is 5.35. The molecule has 0 saturated carbocycles. The summed E-state index contributed by atoms with van der Waals surface area (Å²) in [5, 5.41) is 8.59. The summed E-state index contributed by atoms with van der Waals surface area (Å²) in [5.74, 6) is -3.24. The van der Waals surface area contributed by atoms with E-state index >= 15 is 0 Å². The molecule has 0 aromatic carbocycles. The smallest absolute Gasteiger partial charge is 0.481 e. The maximum absolute atomic E-state index is 12.6. The van der Waals surface area contributed by atoms with Crippen molar-refractivity contribution in [1.82, 2.24) is 4.98 Å². The van der Waals surface area contributed by atoms with Crippen molar-refractivity contribution >= 4 is 17.6 Å². The number of hydrogen-bond donors (Lipinski definition) is 1. The number of aliphatic carboxylic acids is 1. The molecule has 1 heterocycles. The van der Waals surface area contributed by atoms with Crippen LogP contribution in [0, 0.1) is 0 Å². The minimum absolute atomic E-state index is 0.491. The summed E-state index contributed by atoms with van der Waals surface area (Å²) < 4.78 is 65.8. The Morgan fingerprint density at radius 3 is 2.45 bits per heavy atom. The highest BCUT2D eigenvalue weighted by Crippen LogP contribution is 2.36. The van der Waals surface area contributed by atoms with Crippen LogP contribution in [0.1, 0.15) is 23.2 Å². The van der Waals surface area contributed by atoms with E-state index in [0.717, 1.165) is 0 Å². The number of carboxylic acid groups (broad SMARTS) is 1. The van der Waals surface area contributed by atoms with Gasteiger partial charge in [0.15, 0.2) is 0 Å². The van der Waals surface area contributed by atoms with E-state index in [1.807, 2.05) is 0 Å². The normalized spacial score (nSPS) is 11.8. The molecular weight excluding hydrogens is 313 g/mol. The molecule has 0 fully saturated rings. The lowest BCUT2D eigenvalue weighted by molar-refractivity contribution is -0.275. The Morgan fingerprint density at radius 1 is 1.45 bits per heavy atom. The van der Waals surface area contributed by atoms with E-state index in [2.05, 4.69) is 9.72 Å². The summed E-state index contributed by atoms with van der Waals surface area (Å²) in [4.78, 5) is 13.8. The number of carbonyl (C=O) groups is 1. The number of pyridine rings is 1. The molecular formula is C10H7ClF5NO3. The molecule has 0 amide bonds. The number of carboxylic acids is 1. The standard InChI is InChI=1S/C10H7ClF5NO3/c11-2-5-7(9(12)13)17-3-4(1-6(18)19)8(5)20-10(14,15)16/h3,9H,1-2H2,(H,18,19). The Bertz CT molecular complexity index is 506. The van der Waals surface area contributed by atoms with Gasteiger partial charge in [0, 0.05) is 17.3 Å². The lowest BCUT2D eigenvalue weighted by atomic mass is 10.1. The van der Waals surface area contributed by atoms with Crippen molar-refractivity contribution in [3.8, 4) is 5.75 Å². The molecule has 4 nitrogen and oxygen atoms in total. The Labute approximate surface area is 114 Å². The Hall–Kier alpha value is -1.64. The van der Waals surface area contributed by atoms with Crippen LogP contribution in [0.25, 0.3) is 0 Å². The Balaban J connectivity index is 3.42. The van der Waals surface area contributed by atoms with Gasteiger partial charge in [-0.05, 0) is 0 Å². The zero-order valence-electron chi connectivity index (χ0n) is 9.55. The maximum Gasteiger partial charge on any atom is 0.573 e. The summed E-state index contributed by atoms with van der Waals surface area (Å²) in [6, 6.07) is 0. The van der Waals surface area contributed by atoms with Crippen LogP contribution in [0.3, 0.4) is 0 Å². The average Bonchev–Trinajstić information content (AvgIpc) is 2.28. The van der Waals surface area contributed by atoms with Gasteiger partial charge >= 0.3 is 12.3 Å². The van der Waals surface area contributed by atoms with E-state index in [1.54, 1.807) is 0 Å². The van der Waals surface area contributed by atoms with E-state index in [4.69, 9.17) is 16.7 Å². The van der Waals surface area contributed by atoms with Crippen LogP contribution in [0.15, 0.2) is 6.20 Å². The lowest BCUT2D eigenvalue weighted by Crippen LogP contribution is -2.21. The van der Waals surface area contributed by atoms with Gasteiger partial charge in [-0.2, -0.15) is 0 Å². The molecule has 112 valence electrons. The third-order valence-corrected chi connectivity index (χ3v) is 2.40. The second-order valence-electron chi connectivity index (χ2n) is 3.53. The second-order valence-corrected chi connectivity index (χ2v) is 3.80. The highest BCUT2D eigenvalue weighted by Gasteiger charge is 2.35. The van der Waals surface area contributed by atoms with Crippen LogP contribution in [-0.2, 0) is 17.1 Å². The topological polar surface area (TPSA) is 59.4 Å². The summed E-state index contributed by atoms with van der Waals surface area (Å²) in [7, 11) is 0. The number of ether oxygens (including phenoxy) is 1. The first-order valence-electron chi connectivity index (χ1n) is 4.98. The zero-order chi connectivity index (χ0) is 15.5. The first-order chi connectivity index (χ1) is 9.15. The molecule has 20 heavy (non-hydrogen) atoms. The van der Waals surface area contributed by atoms with Gasteiger partial charge in [0.25, 0.3) is 6.43 Å². The molecule has 0 spiro atoms. The van der Waals surface area contributed by atoms with Gasteiger partial charge in [-0.1, -0.05) is 0 Å². The predicted molar refractivity (Wildman–Crippen MR) is 56.8 cm³/mol. The third kappa shape index (κ3) is 4.19. The number of nitrogens with zero attached hydrogens (tertiary/aromatic N) is 1. The molecule has 0 aliphatic carbocycles. The van der Waals surface area contributed by atoms with E-state index in [0.29, 0.717) is 6.20 Å². The zero-order valence-corrected chi connectivity index (χ0v) is 10.3. The maximum atomic E-state index is 12.6. The summed E-state index contributed by atoms with van der Waals surface area (Å²) in [6.45, 7) is 0. The first-order valence-corrected chi connectivity index (χ1v) is 5.51. The molecule has 0 atom stereocenters. The molecule has 0 saturated heterocycles. The molecule has 0 aliphatic rings. The van der Waals surface area contributed by atoms with Gasteiger partial charge in [0.1, 0.15) is 11.4 Å². The van der Waals surface area contributed by atoms with Gasteiger partial charge in [-0.3, -0.25) is 9.78 Å². The first kappa shape index (κ1) is 16.4. The van der Waals surface area contributed by atoms with Gasteiger partial charge in [0.2, 0.25) is 0 Å². The molecule has 0 unspecified atom stereocenters. The van der Waals surface area contributed by atoms with E-state index in [1.165, 1.54) is 0 Å². The van der Waals surface area contributed by atoms with Crippen LogP contribution in [0.4, 0.5) is 22.0 Å². The van der Waals surface area contributed by atoms with Gasteiger partial charge in [-0.25, -0.2) is 8.78 Å². The van der Waals surface area contributed by atoms with Crippen LogP contribution in [-0.4, -0.2) is 22.4 Å². The van der Waals surface area contributed by atoms with Crippen LogP contribution >= 0.6 is 11.6 Å². The second kappa shape index (κ2) is 6.21. The van der Waals surface area contributed by atoms with Crippen molar-refractivity contribution in [1.29, 1.82) is 0 Å². The number of hydrogen-bond acceptors (Lipinski definition) is 3. The van der Waals surface area contributed by atoms with Crippen molar-refractivity contribution in [2.24, 2.45) is 0 Å². The van der Waals surface area contributed by atoms with Crippen molar-refractivity contribution in [2.75, 3.05) is 0 Å². The number of halogens is 6. The monoisotopic (exact) mass is 319 g/mol. The molecule has 1 rings (SSSR count). The molecule has 1 N–H and O–H groups in total. The molecule has 0 bridgehead atoms. The van der Waals surface area contributed by atoms with Gasteiger partial charge in [-0.15, -0.1) is 24.8 Å². The minimum Gasteiger partial charge on any atom is -0.481 e. The molecule has 1 aromatic rings. The van der Waals surface area contributed by atoms with Gasteiger partial charge < -0.3 is 9.84 Å². The Morgan fingerprint density at radius 2 is 2.05 bits per heavy atom. The largest absolute Gasteiger partial charge is 0.573 e. The Kier molecular flexibility index (Phi) is 5.09. The van der Waals surface area contributed by atoms with Crippen molar-refractivity contribution < 1.29 is 36.6 Å². The average molecular weight is 320 g/mol. The van der Waals surface area contributed by atoms with E-state index in [9.17, 15) is 26.7 Å². The predicted octanol–water partition coefficient (Wildman–Crippen LogP) is 3.28. The summed E-state index contributed by atoms with van der Waals surface area (Å²) in [5.41, 5.74) is -2.15. The van der Waals surface area contributed by atoms with E-state index in [-0.39, 0.29) is 0 Å². The highest BCUT2D eigenvalue weighted by atomic mass is 35.5. The van der Waals surface area contributed by atoms with Crippen molar-refractivity contribution in [3.05, 3.63) is 23.0 Å². The minimum atomic E-state index is -5.17. The molecule has 1 aromatic heterocycles. The number of alkyl halides is 6. The van der Waals surface area contributed by atoms with Crippen LogP contribution < -0.4 is 4.74 Å². The quantitative estimate of drug-likeness (QED) is 0.668.